The summed E-state index contributed by atoms with van der Waals surface area (Å²) in [4.78, 5) is 85.9. The largest absolute Gasteiger partial charge is 0.455 e. The van der Waals surface area contributed by atoms with E-state index < -0.39 is 24.3 Å². The molecule has 0 radical (unpaired) electrons. The average Bonchev–Trinajstić information content (AvgIpc) is 4.17. The van der Waals surface area contributed by atoms with Crippen LogP contribution in [0.2, 0.25) is 0 Å². The highest BCUT2D eigenvalue weighted by atomic mass is 16.5. The number of nitrogens with zero attached hydrogens (tertiary/aromatic N) is 4. The van der Waals surface area contributed by atoms with E-state index in [9.17, 15) is 24.0 Å². The van der Waals surface area contributed by atoms with Crippen molar-refractivity contribution in [3.8, 4) is 45.0 Å². The van der Waals surface area contributed by atoms with Gasteiger partial charge in [-0.05, 0) is 60.8 Å². The van der Waals surface area contributed by atoms with Crippen LogP contribution in [0.1, 0.15) is 77.1 Å². The van der Waals surface area contributed by atoms with E-state index in [1.807, 2.05) is 94.4 Å². The van der Waals surface area contributed by atoms with Crippen molar-refractivity contribution in [3.63, 3.8) is 0 Å². The van der Waals surface area contributed by atoms with Crippen LogP contribution in [0.5, 0.6) is 0 Å². The molecule has 2 saturated heterocycles. The van der Waals surface area contributed by atoms with Crippen LogP contribution >= 0.6 is 0 Å². The van der Waals surface area contributed by atoms with E-state index >= 15 is 0 Å². The van der Waals surface area contributed by atoms with Gasteiger partial charge < -0.3 is 44.3 Å². The Hall–Kier alpha value is -7.23. The molecule has 4 N–H and O–H groups in total. The molecule has 0 spiro atoms. The summed E-state index contributed by atoms with van der Waals surface area (Å²) in [6, 6.07) is 20.5. The first-order valence-electron chi connectivity index (χ1n) is 22.0. The van der Waals surface area contributed by atoms with Crippen LogP contribution in [0, 0.1) is 11.8 Å². The number of aromatic amines is 2. The van der Waals surface area contributed by atoms with Crippen LogP contribution in [0.15, 0.2) is 94.4 Å². The molecule has 5 heterocycles. The Morgan fingerprint density at radius 3 is 1.68 bits per heavy atom. The summed E-state index contributed by atoms with van der Waals surface area (Å²) in [5.74, 6) is 1.03. The van der Waals surface area contributed by atoms with Crippen LogP contribution in [0.4, 0.5) is 9.59 Å². The number of methoxy groups -OCH3 is 2. The smallest absolute Gasteiger partial charge is 0.407 e. The number of H-pyrrole nitrogens is 2. The Bertz CT molecular complexity index is 2760. The quantitative estimate of drug-likeness (QED) is 0.0932. The molecule has 338 valence electrons. The molecule has 16 nitrogen and oxygen atoms in total. The predicted octanol–water partition coefficient (Wildman–Crippen LogP) is 8.00. The van der Waals surface area contributed by atoms with Gasteiger partial charge in [0, 0.05) is 24.2 Å². The van der Waals surface area contributed by atoms with Crippen molar-refractivity contribution in [3.05, 3.63) is 107 Å². The van der Waals surface area contributed by atoms with Gasteiger partial charge in [-0.3, -0.25) is 14.4 Å². The number of imidazole rings is 2. The molecule has 6 aromatic rings. The van der Waals surface area contributed by atoms with Crippen molar-refractivity contribution in [1.82, 2.24) is 40.4 Å². The van der Waals surface area contributed by atoms with E-state index in [1.54, 1.807) is 28.3 Å². The van der Waals surface area contributed by atoms with Gasteiger partial charge in [0.1, 0.15) is 35.1 Å². The minimum atomic E-state index is -0.747. The summed E-state index contributed by atoms with van der Waals surface area (Å²) in [6.07, 6.45) is 5.18. The molecule has 2 aliphatic heterocycles. The van der Waals surface area contributed by atoms with Crippen LogP contribution in [0.25, 0.3) is 55.9 Å². The summed E-state index contributed by atoms with van der Waals surface area (Å²) in [7, 11) is 2.55. The maximum absolute atomic E-state index is 14.6. The topological polar surface area (TPSA) is 205 Å². The molecular formula is C49H54N8O8. The Morgan fingerprint density at radius 2 is 1.17 bits per heavy atom. The molecule has 65 heavy (non-hydrogen) atoms. The Labute approximate surface area is 376 Å². The maximum Gasteiger partial charge on any atom is 0.407 e. The second-order valence-electron chi connectivity index (χ2n) is 17.2. The van der Waals surface area contributed by atoms with Crippen LogP contribution < -0.4 is 16.1 Å². The fraction of sp³-hybridized carbons (Fsp3) is 0.367. The van der Waals surface area contributed by atoms with E-state index in [2.05, 4.69) is 20.6 Å². The second-order valence-corrected chi connectivity index (χ2v) is 17.2. The zero-order valence-corrected chi connectivity index (χ0v) is 37.3. The predicted molar refractivity (Wildman–Crippen MR) is 244 cm³/mol. The number of benzene rings is 3. The van der Waals surface area contributed by atoms with Gasteiger partial charge in [-0.2, -0.15) is 0 Å². The Morgan fingerprint density at radius 1 is 0.677 bits per heavy atom. The summed E-state index contributed by atoms with van der Waals surface area (Å²) >= 11 is 0. The van der Waals surface area contributed by atoms with Gasteiger partial charge in [-0.1, -0.05) is 88.4 Å². The molecule has 0 aliphatic carbocycles. The lowest BCUT2D eigenvalue weighted by atomic mass is 9.96. The van der Waals surface area contributed by atoms with Gasteiger partial charge in [0.2, 0.25) is 17.2 Å². The number of amides is 4. The first kappa shape index (κ1) is 44.4. The number of aromatic nitrogens is 4. The summed E-state index contributed by atoms with van der Waals surface area (Å²) in [6.45, 7) is 8.60. The van der Waals surface area contributed by atoms with Crippen molar-refractivity contribution < 1.29 is 33.1 Å². The fourth-order valence-corrected chi connectivity index (χ4v) is 8.92. The Kier molecular flexibility index (Phi) is 12.9. The lowest BCUT2D eigenvalue weighted by Crippen LogP contribution is -2.51. The van der Waals surface area contributed by atoms with Crippen molar-refractivity contribution in [2.75, 3.05) is 27.3 Å². The number of rotatable bonds is 12. The van der Waals surface area contributed by atoms with Crippen molar-refractivity contribution in [1.29, 1.82) is 0 Å². The molecular weight excluding hydrogens is 829 g/mol. The molecule has 3 aromatic carbocycles. The van der Waals surface area contributed by atoms with E-state index in [1.165, 1.54) is 14.2 Å². The van der Waals surface area contributed by atoms with Gasteiger partial charge in [-0.15, -0.1) is 0 Å². The van der Waals surface area contributed by atoms with Crippen molar-refractivity contribution in [2.45, 2.75) is 77.5 Å². The van der Waals surface area contributed by atoms with Gasteiger partial charge in [-0.25, -0.2) is 19.6 Å². The fourth-order valence-electron chi connectivity index (χ4n) is 8.92. The van der Waals surface area contributed by atoms with Gasteiger partial charge >= 0.3 is 12.2 Å². The van der Waals surface area contributed by atoms with E-state index in [4.69, 9.17) is 23.9 Å². The monoisotopic (exact) mass is 882 g/mol. The average molecular weight is 883 g/mol. The third-order valence-electron chi connectivity index (χ3n) is 12.4. The maximum atomic E-state index is 14.6. The van der Waals surface area contributed by atoms with Crippen LogP contribution in [0.3, 0.4) is 0 Å². The minimum absolute atomic E-state index is 0.146. The summed E-state index contributed by atoms with van der Waals surface area (Å²) < 4.78 is 16.2. The molecule has 2 fully saturated rings. The lowest BCUT2D eigenvalue weighted by Gasteiger charge is -2.30. The number of fused-ring (bicyclic) bond motifs is 1. The molecule has 2 aliphatic rings. The molecule has 4 atom stereocenters. The second kappa shape index (κ2) is 18.9. The van der Waals surface area contributed by atoms with Crippen molar-refractivity contribution >= 4 is 35.0 Å². The molecule has 0 unspecified atom stereocenters. The summed E-state index contributed by atoms with van der Waals surface area (Å²) in [5.41, 5.74) is 5.09. The van der Waals surface area contributed by atoms with Gasteiger partial charge in [0.25, 0.3) is 0 Å². The highest BCUT2D eigenvalue weighted by Gasteiger charge is 2.39. The van der Waals surface area contributed by atoms with Crippen LogP contribution in [-0.4, -0.2) is 93.1 Å². The molecule has 0 bridgehead atoms. The minimum Gasteiger partial charge on any atom is -0.455 e. The standard InChI is InChI=1S/C49H54N8O8/c1-27(2)40(54-48(61)63-5)46(59)56-22-10-14-36(56)44-50-25-34(52-44)29-16-18-30(19-17-29)39-42(58)33-21-20-32(24-38(33)65-43(39)31-12-8-7-9-13-31)35-26-51-45(53-35)37-15-11-23-57(37)47(60)41(28(3)4)55-49(62)64-6/h7-9,12-13,16-21,24-28,36-37,40-41H,10-11,14-15,22-23H2,1-6H3,(H,50,52)(H,51,53)(H,54,61)(H,55,62)/t36-,37-,40-,41-/m0/s1. The number of hydrogen-bond acceptors (Lipinski definition) is 10. The third kappa shape index (κ3) is 8.97. The number of alkyl carbamates (subject to hydrolysis) is 2. The normalized spacial score (nSPS) is 17.1. The third-order valence-corrected chi connectivity index (χ3v) is 12.4. The molecule has 4 amide bonds. The molecule has 3 aromatic heterocycles. The number of hydrogen-bond donors (Lipinski definition) is 4. The SMILES string of the molecule is COC(=O)N[C@H](C(=O)N1CCC[C@H]1c1ncc(-c2ccc(-c3c(-c4ccccc4)oc4cc(-c5cnc([C@@H]6CCCN6C(=O)[C@@H](NC(=O)OC)C(C)C)[nH]5)ccc4c3=O)cc2)[nH]1)C(C)C. The summed E-state index contributed by atoms with van der Waals surface area (Å²) in [5, 5.41) is 5.79. The first-order chi connectivity index (χ1) is 31.4. The molecule has 16 heteroatoms. The van der Waals surface area contributed by atoms with Gasteiger partial charge in [0.05, 0.1) is 61.0 Å². The Balaban J connectivity index is 1.06. The number of nitrogens with one attached hydrogen (secondary N) is 4. The molecule has 8 rings (SSSR count). The van der Waals surface area contributed by atoms with E-state index in [0.717, 1.165) is 41.6 Å². The molecule has 0 saturated carbocycles. The lowest BCUT2D eigenvalue weighted by molar-refractivity contribution is -0.136. The zero-order valence-electron chi connectivity index (χ0n) is 37.3. The van der Waals surface area contributed by atoms with Crippen LogP contribution in [-0.2, 0) is 19.1 Å². The highest BCUT2D eigenvalue weighted by molar-refractivity contribution is 5.92. The first-order valence-corrected chi connectivity index (χ1v) is 22.0. The number of likely N-dealkylation sites (tertiary alicyclic amines) is 2. The van der Waals surface area contributed by atoms with E-state index in [-0.39, 0.29) is 41.2 Å². The van der Waals surface area contributed by atoms with Gasteiger partial charge in [0.15, 0.2) is 0 Å². The zero-order chi connectivity index (χ0) is 45.9. The van der Waals surface area contributed by atoms with Crippen molar-refractivity contribution in [2.24, 2.45) is 11.8 Å². The number of ether oxygens (including phenoxy) is 2. The van der Waals surface area contributed by atoms with E-state index in [0.29, 0.717) is 64.7 Å². The number of carbonyl (C=O) groups excluding carboxylic acids is 4. The highest BCUT2D eigenvalue weighted by Crippen LogP contribution is 2.37. The number of carbonyl (C=O) groups is 4.